The van der Waals surface area contributed by atoms with Crippen molar-refractivity contribution in [2.24, 2.45) is 5.73 Å². The second kappa shape index (κ2) is 3.95. The quantitative estimate of drug-likeness (QED) is 0.707. The molecule has 1 nitrogen and oxygen atoms in total. The van der Waals surface area contributed by atoms with Gasteiger partial charge in [0.05, 0.1) is 0 Å². The zero-order valence-corrected chi connectivity index (χ0v) is 9.60. The van der Waals surface area contributed by atoms with Crippen molar-refractivity contribution in [3.8, 4) is 0 Å². The minimum atomic E-state index is 0.231. The zero-order valence-electron chi connectivity index (χ0n) is 8.79. The van der Waals surface area contributed by atoms with Gasteiger partial charge in [0.2, 0.25) is 0 Å². The summed E-state index contributed by atoms with van der Waals surface area (Å²) in [6.07, 6.45) is 1.10. The van der Waals surface area contributed by atoms with Gasteiger partial charge in [-0.05, 0) is 30.0 Å². The Morgan fingerprint density at radius 2 is 2.21 bits per heavy atom. The van der Waals surface area contributed by atoms with Crippen LogP contribution in [-0.4, -0.2) is 5.25 Å². The second-order valence-corrected chi connectivity index (χ2v) is 5.53. The highest BCUT2D eigenvalue weighted by Gasteiger charge is 2.20. The molecule has 0 saturated heterocycles. The van der Waals surface area contributed by atoms with Crippen LogP contribution in [0.5, 0.6) is 0 Å². The van der Waals surface area contributed by atoms with Gasteiger partial charge in [-0.1, -0.05) is 25.1 Å². The summed E-state index contributed by atoms with van der Waals surface area (Å²) < 4.78 is 0. The van der Waals surface area contributed by atoms with Crippen molar-refractivity contribution in [2.45, 2.75) is 37.3 Å². The topological polar surface area (TPSA) is 26.0 Å². The van der Waals surface area contributed by atoms with E-state index in [4.69, 9.17) is 5.73 Å². The van der Waals surface area contributed by atoms with Crippen LogP contribution < -0.4 is 5.73 Å². The standard InChI is InChI=1S/C12H17NS/c1-8-4-3-5-10-11(8)7-14-9(2)6-12(10)13/h3-5,9,12H,6-7,13H2,1-2H3/t9?,12-/m0/s1. The Morgan fingerprint density at radius 3 is 3.00 bits per heavy atom. The molecule has 0 bridgehead atoms. The molecule has 76 valence electrons. The van der Waals surface area contributed by atoms with Crippen molar-refractivity contribution in [1.82, 2.24) is 0 Å². The molecule has 0 aromatic heterocycles. The third-order valence-electron chi connectivity index (χ3n) is 2.94. The van der Waals surface area contributed by atoms with E-state index in [1.54, 1.807) is 0 Å². The van der Waals surface area contributed by atoms with Crippen LogP contribution in [0.1, 0.15) is 36.1 Å². The second-order valence-electron chi connectivity index (χ2n) is 4.11. The minimum absolute atomic E-state index is 0.231. The monoisotopic (exact) mass is 207 g/mol. The molecule has 0 saturated carbocycles. The number of aryl methyl sites for hydroxylation is 1. The van der Waals surface area contributed by atoms with Crippen molar-refractivity contribution < 1.29 is 0 Å². The Hall–Kier alpha value is -0.470. The van der Waals surface area contributed by atoms with Crippen LogP contribution in [0, 0.1) is 6.92 Å². The number of benzene rings is 1. The van der Waals surface area contributed by atoms with E-state index in [1.807, 2.05) is 11.8 Å². The predicted molar refractivity (Wildman–Crippen MR) is 63.5 cm³/mol. The lowest BCUT2D eigenvalue weighted by molar-refractivity contribution is 0.650. The first kappa shape index (κ1) is 10.1. The summed E-state index contributed by atoms with van der Waals surface area (Å²) in [5.41, 5.74) is 10.4. The normalized spacial score (nSPS) is 26.8. The van der Waals surface area contributed by atoms with Crippen molar-refractivity contribution in [3.05, 3.63) is 34.9 Å². The number of rotatable bonds is 0. The maximum atomic E-state index is 6.19. The van der Waals surface area contributed by atoms with Crippen LogP contribution >= 0.6 is 11.8 Å². The molecule has 0 spiro atoms. The van der Waals surface area contributed by atoms with Crippen LogP contribution in [0.2, 0.25) is 0 Å². The van der Waals surface area contributed by atoms with Crippen LogP contribution in [-0.2, 0) is 5.75 Å². The highest BCUT2D eigenvalue weighted by atomic mass is 32.2. The van der Waals surface area contributed by atoms with Crippen molar-refractivity contribution in [2.75, 3.05) is 0 Å². The summed E-state index contributed by atoms with van der Waals surface area (Å²) in [6.45, 7) is 4.45. The number of nitrogens with two attached hydrogens (primary N) is 1. The van der Waals surface area contributed by atoms with Gasteiger partial charge in [0.15, 0.2) is 0 Å². The number of hydrogen-bond donors (Lipinski definition) is 1. The molecule has 0 aliphatic carbocycles. The summed E-state index contributed by atoms with van der Waals surface area (Å²) >= 11 is 2.02. The fourth-order valence-corrected chi connectivity index (χ4v) is 3.24. The molecule has 0 radical (unpaired) electrons. The van der Waals surface area contributed by atoms with Crippen LogP contribution in [0.25, 0.3) is 0 Å². The third kappa shape index (κ3) is 1.82. The number of fused-ring (bicyclic) bond motifs is 1. The Bertz CT molecular complexity index is 335. The molecular formula is C12H17NS. The first-order valence-corrected chi connectivity index (χ1v) is 6.19. The molecular weight excluding hydrogens is 190 g/mol. The van der Waals surface area contributed by atoms with Gasteiger partial charge in [0.1, 0.15) is 0 Å². The van der Waals surface area contributed by atoms with E-state index in [0.29, 0.717) is 5.25 Å². The van der Waals surface area contributed by atoms with Crippen LogP contribution in [0.3, 0.4) is 0 Å². The smallest absolute Gasteiger partial charge is 0.0308 e. The number of thioether (sulfide) groups is 1. The lowest BCUT2D eigenvalue weighted by Crippen LogP contribution is -2.14. The maximum absolute atomic E-state index is 6.19. The highest BCUT2D eigenvalue weighted by molar-refractivity contribution is 7.99. The molecule has 0 amide bonds. The van der Waals surface area contributed by atoms with Gasteiger partial charge in [-0.3, -0.25) is 0 Å². The van der Waals surface area contributed by atoms with Crippen LogP contribution in [0.15, 0.2) is 18.2 Å². The van der Waals surface area contributed by atoms with E-state index in [-0.39, 0.29) is 6.04 Å². The van der Waals surface area contributed by atoms with E-state index < -0.39 is 0 Å². The summed E-state index contributed by atoms with van der Waals surface area (Å²) in [6, 6.07) is 6.72. The average Bonchev–Trinajstić information content (AvgIpc) is 2.28. The fourth-order valence-electron chi connectivity index (χ4n) is 2.05. The largest absolute Gasteiger partial charge is 0.324 e. The van der Waals surface area contributed by atoms with E-state index in [1.165, 1.54) is 16.7 Å². The molecule has 0 fully saturated rings. The molecule has 1 aromatic rings. The van der Waals surface area contributed by atoms with E-state index >= 15 is 0 Å². The molecule has 1 heterocycles. The van der Waals surface area contributed by atoms with Gasteiger partial charge >= 0.3 is 0 Å². The molecule has 1 aliphatic heterocycles. The molecule has 2 rings (SSSR count). The highest BCUT2D eigenvalue weighted by Crippen LogP contribution is 2.34. The van der Waals surface area contributed by atoms with Gasteiger partial charge in [-0.25, -0.2) is 0 Å². The Balaban J connectivity index is 2.43. The van der Waals surface area contributed by atoms with Crippen molar-refractivity contribution in [3.63, 3.8) is 0 Å². The Labute approximate surface area is 90.1 Å². The molecule has 1 unspecified atom stereocenters. The van der Waals surface area contributed by atoms with E-state index in [0.717, 1.165) is 12.2 Å². The minimum Gasteiger partial charge on any atom is -0.324 e. The first-order valence-electron chi connectivity index (χ1n) is 5.14. The van der Waals surface area contributed by atoms with Crippen molar-refractivity contribution >= 4 is 11.8 Å². The number of hydrogen-bond acceptors (Lipinski definition) is 2. The van der Waals surface area contributed by atoms with Gasteiger partial charge < -0.3 is 5.73 Å². The molecule has 2 atom stereocenters. The van der Waals surface area contributed by atoms with Gasteiger partial charge in [0.25, 0.3) is 0 Å². The summed E-state index contributed by atoms with van der Waals surface area (Å²) in [5, 5.41) is 0.678. The molecule has 14 heavy (non-hydrogen) atoms. The lowest BCUT2D eigenvalue weighted by atomic mass is 9.95. The molecule has 2 N–H and O–H groups in total. The summed E-state index contributed by atoms with van der Waals surface area (Å²) in [5.74, 6) is 1.12. The first-order chi connectivity index (χ1) is 6.68. The average molecular weight is 207 g/mol. The van der Waals surface area contributed by atoms with Gasteiger partial charge in [-0.2, -0.15) is 11.8 Å². The Morgan fingerprint density at radius 1 is 1.43 bits per heavy atom. The summed E-state index contributed by atoms with van der Waals surface area (Å²) in [4.78, 5) is 0. The molecule has 1 aromatic carbocycles. The zero-order chi connectivity index (χ0) is 10.1. The van der Waals surface area contributed by atoms with E-state index in [9.17, 15) is 0 Å². The van der Waals surface area contributed by atoms with Crippen molar-refractivity contribution in [1.29, 1.82) is 0 Å². The SMILES string of the molecule is Cc1cccc2c1CSC(C)C[C@@H]2N. The maximum Gasteiger partial charge on any atom is 0.0308 e. The molecule has 2 heteroatoms. The van der Waals surface area contributed by atoms with Gasteiger partial charge in [-0.15, -0.1) is 0 Å². The Kier molecular flexibility index (Phi) is 2.84. The van der Waals surface area contributed by atoms with Crippen LogP contribution in [0.4, 0.5) is 0 Å². The third-order valence-corrected chi connectivity index (χ3v) is 4.16. The molecule has 1 aliphatic rings. The summed E-state index contributed by atoms with van der Waals surface area (Å²) in [7, 11) is 0. The fraction of sp³-hybridized carbons (Fsp3) is 0.500. The van der Waals surface area contributed by atoms with E-state index in [2.05, 4.69) is 32.0 Å². The van der Waals surface area contributed by atoms with Gasteiger partial charge in [0, 0.05) is 17.0 Å². The predicted octanol–water partition coefficient (Wildman–Crippen LogP) is 3.02. The lowest BCUT2D eigenvalue weighted by Gasteiger charge is -2.14.